The molecule has 3 rings (SSSR count). The van der Waals surface area contributed by atoms with Crippen LogP contribution in [-0.4, -0.2) is 57.0 Å². The van der Waals surface area contributed by atoms with Gasteiger partial charge in [0.05, 0.1) is 13.7 Å². The molecule has 2 aliphatic heterocycles. The van der Waals surface area contributed by atoms with Crippen molar-refractivity contribution in [3.05, 3.63) is 29.3 Å². The van der Waals surface area contributed by atoms with E-state index < -0.39 is 10.2 Å². The van der Waals surface area contributed by atoms with Crippen molar-refractivity contribution in [3.8, 4) is 5.75 Å². The van der Waals surface area contributed by atoms with Crippen LogP contribution >= 0.6 is 0 Å². The number of halogens is 1. The zero-order valence-electron chi connectivity index (χ0n) is 14.9. The number of ether oxygens (including phenoxy) is 2. The second-order valence-electron chi connectivity index (χ2n) is 6.09. The number of benzene rings is 1. The molecule has 2 heterocycles. The third-order valence-corrected chi connectivity index (χ3v) is 4.45. The Labute approximate surface area is 154 Å². The molecule has 0 saturated carbocycles. The summed E-state index contributed by atoms with van der Waals surface area (Å²) in [6.45, 7) is 4.10. The molecule has 26 heavy (non-hydrogen) atoms. The van der Waals surface area contributed by atoms with Gasteiger partial charge in [-0.1, -0.05) is 0 Å². The average molecular weight is 391 g/mol. The molecule has 1 unspecified atom stereocenters. The van der Waals surface area contributed by atoms with Gasteiger partial charge in [0.1, 0.15) is 18.2 Å². The number of hydrogen-bond acceptors (Lipinski definition) is 7. The molecule has 0 saturated heterocycles. The molecular weight excluding hydrogens is 366 g/mol. The summed E-state index contributed by atoms with van der Waals surface area (Å²) in [6.07, 6.45) is 2.84. The van der Waals surface area contributed by atoms with Gasteiger partial charge in [0, 0.05) is 18.4 Å². The van der Waals surface area contributed by atoms with Gasteiger partial charge in [-0.25, -0.2) is 4.58 Å². The first-order chi connectivity index (χ1) is 12.2. The maximum atomic E-state index is 11.9. The molecule has 1 aromatic rings. The predicted octanol–water partition coefficient (Wildman–Crippen LogP) is -0.834. The quantitative estimate of drug-likeness (QED) is 0.454. The molecule has 1 atom stereocenters. The van der Waals surface area contributed by atoms with Crippen molar-refractivity contribution in [2.24, 2.45) is 5.92 Å². The first-order valence-electron chi connectivity index (χ1n) is 8.33. The Morgan fingerprint density at radius 3 is 2.65 bits per heavy atom. The topological polar surface area (TPSA) is 122 Å². The summed E-state index contributed by atoms with van der Waals surface area (Å²) in [6, 6.07) is 6.31. The van der Waals surface area contributed by atoms with Crippen LogP contribution in [-0.2, 0) is 16.0 Å². The van der Waals surface area contributed by atoms with Crippen molar-refractivity contribution < 1.29 is 47.7 Å². The maximum absolute atomic E-state index is 11.9. The second-order valence-corrected chi connectivity index (χ2v) is 6.95. The van der Waals surface area contributed by atoms with Crippen molar-refractivity contribution >= 4 is 11.7 Å². The molecule has 2 aliphatic rings. The van der Waals surface area contributed by atoms with Crippen LogP contribution in [0, 0.1) is 16.2 Å². The van der Waals surface area contributed by atoms with E-state index in [4.69, 9.17) is 28.1 Å². The van der Waals surface area contributed by atoms with E-state index in [0.29, 0.717) is 6.61 Å². The van der Waals surface area contributed by atoms with Gasteiger partial charge in [-0.15, -0.1) is 0 Å². The Morgan fingerprint density at radius 2 is 2.04 bits per heavy atom. The van der Waals surface area contributed by atoms with Crippen LogP contribution < -0.4 is 9.40 Å². The third kappa shape index (κ3) is 5.65. The first-order valence-corrected chi connectivity index (χ1v) is 9.66. The molecule has 0 aliphatic carbocycles. The van der Waals surface area contributed by atoms with Crippen LogP contribution in [0.25, 0.3) is 0 Å². The van der Waals surface area contributed by atoms with E-state index in [1.165, 1.54) is 16.8 Å². The number of nitrogens with zero attached hydrogens (tertiary/aromatic N) is 1. The summed E-state index contributed by atoms with van der Waals surface area (Å²) >= 11 is 0. The van der Waals surface area contributed by atoms with E-state index in [-0.39, 0.29) is 11.9 Å². The number of rotatable bonds is 3. The van der Waals surface area contributed by atoms with Gasteiger partial charge in [-0.2, -0.15) is 0 Å². The van der Waals surface area contributed by atoms with Gasteiger partial charge in [0.2, 0.25) is 0 Å². The van der Waals surface area contributed by atoms with Crippen molar-refractivity contribution in [2.75, 3.05) is 26.8 Å². The third-order valence-electron chi connectivity index (χ3n) is 4.45. The van der Waals surface area contributed by atoms with Crippen LogP contribution in [0.15, 0.2) is 18.2 Å². The van der Waals surface area contributed by atoms with E-state index in [1.54, 1.807) is 7.11 Å². The molecule has 0 aromatic heterocycles. The zero-order valence-corrected chi connectivity index (χ0v) is 15.6. The summed E-state index contributed by atoms with van der Waals surface area (Å²) in [5, 5.41) is 0. The number of methoxy groups -OCH3 is 1. The number of fused-ring (bicyclic) bond motifs is 2. The molecular formula is C17H25ClNO7+. The van der Waals surface area contributed by atoms with E-state index in [1.807, 2.05) is 13.0 Å². The molecule has 8 nitrogen and oxygen atoms in total. The minimum atomic E-state index is -4.19. The van der Waals surface area contributed by atoms with Gasteiger partial charge < -0.3 is 9.47 Å². The molecule has 0 amide bonds. The van der Waals surface area contributed by atoms with Gasteiger partial charge in [0.15, 0.2) is 12.3 Å². The number of hydrogen-bond donors (Lipinski definition) is 3. The van der Waals surface area contributed by atoms with Crippen molar-refractivity contribution in [2.45, 2.75) is 26.2 Å². The van der Waals surface area contributed by atoms with Crippen molar-refractivity contribution in [3.63, 3.8) is 0 Å². The molecule has 1 aromatic carbocycles. The fraction of sp³-hybridized carbons (Fsp3) is 0.529. The Hall–Kier alpha value is -1.71. The molecule has 0 bridgehead atoms. The molecule has 0 fully saturated rings. The second kappa shape index (κ2) is 8.79. The van der Waals surface area contributed by atoms with Crippen LogP contribution in [0.5, 0.6) is 5.75 Å². The molecule has 146 valence electrons. The van der Waals surface area contributed by atoms with E-state index >= 15 is 0 Å². The van der Waals surface area contributed by atoms with Gasteiger partial charge in [0.25, 0.3) is 0 Å². The molecule has 0 radical (unpaired) electrons. The molecule has 0 spiro atoms. The Kier molecular flexibility index (Phi) is 6.96. The standard InChI is InChI=1S/C17H22NO3.ClH3O4/c1-3-21-17(19)13-4-7-16-15-6-5-14(20-2)10-12(15)8-9-18(16)11-13;2-1(3,4)5/h5-6,10,13H,3-4,7-9,11H2,1-2H3;2-4H/q+1;. The van der Waals surface area contributed by atoms with E-state index in [0.717, 1.165) is 38.1 Å². The van der Waals surface area contributed by atoms with Crippen LogP contribution in [0.1, 0.15) is 30.9 Å². The number of esters is 1. The fourth-order valence-electron chi connectivity index (χ4n) is 3.36. The summed E-state index contributed by atoms with van der Waals surface area (Å²) in [7, 11) is -2.49. The molecule has 3 N–H and O–H groups in total. The summed E-state index contributed by atoms with van der Waals surface area (Å²) in [5.74, 6) is 0.897. The summed E-state index contributed by atoms with van der Waals surface area (Å²) in [5.41, 5.74) is 4.05. The SMILES string of the molecule is CCOC(=O)C1CCC2=[N+](CCc3cc(OC)ccc32)C1.[O-][Cl+](O)(O)O. The van der Waals surface area contributed by atoms with Crippen LogP contribution in [0.2, 0.25) is 0 Å². The Bertz CT molecular complexity index is 678. The van der Waals surface area contributed by atoms with Crippen molar-refractivity contribution in [1.82, 2.24) is 0 Å². The summed E-state index contributed by atoms with van der Waals surface area (Å²) < 4.78 is 43.1. The fourth-order valence-corrected chi connectivity index (χ4v) is 3.36. The van der Waals surface area contributed by atoms with Crippen LogP contribution in [0.3, 0.4) is 0 Å². The normalized spacial score (nSPS) is 19.5. The minimum absolute atomic E-state index is 0.0218. The van der Waals surface area contributed by atoms with E-state index in [2.05, 4.69) is 16.7 Å². The Balaban J connectivity index is 0.000000431. The van der Waals surface area contributed by atoms with Gasteiger partial charge in [-0.05, 0) is 37.1 Å². The van der Waals surface area contributed by atoms with Crippen LogP contribution in [0.4, 0.5) is 0 Å². The van der Waals surface area contributed by atoms with Crippen molar-refractivity contribution in [1.29, 1.82) is 0 Å². The van der Waals surface area contributed by atoms with Gasteiger partial charge >= 0.3 is 34.8 Å². The average Bonchev–Trinajstić information content (AvgIpc) is 2.59. The Morgan fingerprint density at radius 1 is 1.35 bits per heavy atom. The zero-order chi connectivity index (χ0) is 19.3. The predicted molar refractivity (Wildman–Crippen MR) is 86.8 cm³/mol. The van der Waals surface area contributed by atoms with E-state index in [9.17, 15) is 4.79 Å². The summed E-state index contributed by atoms with van der Waals surface area (Å²) in [4.78, 5) is 11.9. The first kappa shape index (κ1) is 20.6. The monoisotopic (exact) mass is 390 g/mol. The number of carbonyl (C=O) groups excluding carboxylic acids is 1. The number of carbonyl (C=O) groups is 1. The van der Waals surface area contributed by atoms with Gasteiger partial charge in [-0.3, -0.25) is 4.79 Å². The molecule has 9 heteroatoms.